The molecule has 0 saturated heterocycles. The van der Waals surface area contributed by atoms with Crippen molar-refractivity contribution < 1.29 is 4.74 Å². The molecule has 0 aliphatic carbocycles. The van der Waals surface area contributed by atoms with Gasteiger partial charge in [-0.25, -0.2) is 9.97 Å². The van der Waals surface area contributed by atoms with Gasteiger partial charge in [-0.05, 0) is 63.5 Å². The molecule has 7 aromatic carbocycles. The van der Waals surface area contributed by atoms with Crippen molar-refractivity contribution in [2.75, 3.05) is 0 Å². The summed E-state index contributed by atoms with van der Waals surface area (Å²) in [5, 5.41) is 2.34. The van der Waals surface area contributed by atoms with Crippen LogP contribution >= 0.6 is 0 Å². The molecule has 0 unspecified atom stereocenters. The van der Waals surface area contributed by atoms with Gasteiger partial charge in [-0.2, -0.15) is 0 Å². The van der Waals surface area contributed by atoms with Gasteiger partial charge < -0.3 is 4.74 Å². The van der Waals surface area contributed by atoms with E-state index in [9.17, 15) is 0 Å². The minimum absolute atomic E-state index is 0.702. The van der Waals surface area contributed by atoms with Crippen LogP contribution < -0.4 is 4.74 Å². The molecule has 0 radical (unpaired) electrons. The van der Waals surface area contributed by atoms with E-state index in [4.69, 9.17) is 14.7 Å². The van der Waals surface area contributed by atoms with Crippen LogP contribution in [0.1, 0.15) is 0 Å². The van der Waals surface area contributed by atoms with Crippen molar-refractivity contribution in [3.63, 3.8) is 0 Å². The summed E-state index contributed by atoms with van der Waals surface area (Å²) in [4.78, 5) is 10.1. The van der Waals surface area contributed by atoms with Crippen LogP contribution in [0.4, 0.5) is 0 Å². The molecule has 1 aliphatic rings. The van der Waals surface area contributed by atoms with Crippen molar-refractivity contribution in [3.8, 4) is 78.8 Å². The maximum Gasteiger partial charge on any atom is 0.160 e. The Bertz CT molecular complexity index is 2410. The highest BCUT2D eigenvalue weighted by atomic mass is 16.5. The Kier molecular flexibility index (Phi) is 6.46. The molecular weight excluding hydrogens is 572 g/mol. The first kappa shape index (κ1) is 27.0. The van der Waals surface area contributed by atoms with E-state index in [-0.39, 0.29) is 0 Å². The quantitative estimate of drug-likeness (QED) is 0.197. The summed E-state index contributed by atoms with van der Waals surface area (Å²) in [5.41, 5.74) is 11.7. The van der Waals surface area contributed by atoms with Crippen molar-refractivity contribution >= 4 is 10.8 Å². The number of nitrogens with zero attached hydrogens (tertiary/aromatic N) is 2. The van der Waals surface area contributed by atoms with Crippen molar-refractivity contribution in [2.45, 2.75) is 0 Å². The molecule has 0 N–H and O–H groups in total. The van der Waals surface area contributed by atoms with Crippen molar-refractivity contribution in [2.24, 2.45) is 0 Å². The van der Waals surface area contributed by atoms with E-state index in [0.29, 0.717) is 5.82 Å². The van der Waals surface area contributed by atoms with Gasteiger partial charge in [0.15, 0.2) is 5.82 Å². The normalized spacial score (nSPS) is 11.6. The van der Waals surface area contributed by atoms with E-state index in [1.807, 2.05) is 36.4 Å². The monoisotopic (exact) mass is 600 g/mol. The maximum atomic E-state index is 6.36. The van der Waals surface area contributed by atoms with E-state index < -0.39 is 0 Å². The third-order valence-corrected chi connectivity index (χ3v) is 8.89. The smallest absolute Gasteiger partial charge is 0.160 e. The number of hydrogen-bond donors (Lipinski definition) is 0. The molecule has 0 bridgehead atoms. The summed E-state index contributed by atoms with van der Waals surface area (Å²) in [6.07, 6.45) is 0. The number of rotatable bonds is 5. The molecule has 0 spiro atoms. The van der Waals surface area contributed by atoms with Crippen LogP contribution in [0.15, 0.2) is 170 Å². The summed E-state index contributed by atoms with van der Waals surface area (Å²) >= 11 is 0. The van der Waals surface area contributed by atoms with Crippen LogP contribution in [-0.4, -0.2) is 9.97 Å². The first-order valence-electron chi connectivity index (χ1n) is 15.8. The zero-order valence-electron chi connectivity index (χ0n) is 25.5. The fraction of sp³-hybridized carbons (Fsp3) is 0. The Morgan fingerprint density at radius 3 is 1.70 bits per heavy atom. The van der Waals surface area contributed by atoms with Gasteiger partial charge in [-0.1, -0.05) is 140 Å². The molecule has 0 amide bonds. The molecule has 220 valence electrons. The maximum absolute atomic E-state index is 6.36. The van der Waals surface area contributed by atoms with E-state index in [2.05, 4.69) is 133 Å². The van der Waals surface area contributed by atoms with Crippen molar-refractivity contribution in [1.29, 1.82) is 0 Å². The lowest BCUT2D eigenvalue weighted by Crippen LogP contribution is -1.97. The van der Waals surface area contributed by atoms with E-state index in [1.165, 1.54) is 22.1 Å². The van der Waals surface area contributed by atoms with Crippen LogP contribution in [-0.2, 0) is 0 Å². The lowest BCUT2D eigenvalue weighted by molar-refractivity contribution is 0.487. The molecule has 1 aliphatic heterocycles. The number of fused-ring (bicyclic) bond motifs is 2. The predicted molar refractivity (Wildman–Crippen MR) is 192 cm³/mol. The molecule has 47 heavy (non-hydrogen) atoms. The van der Waals surface area contributed by atoms with Gasteiger partial charge in [-0.15, -0.1) is 0 Å². The molecular formula is C44H28N2O. The topological polar surface area (TPSA) is 35.0 Å². The Morgan fingerprint density at radius 1 is 0.340 bits per heavy atom. The second kappa shape index (κ2) is 11.2. The van der Waals surface area contributed by atoms with Gasteiger partial charge in [0.1, 0.15) is 11.5 Å². The third kappa shape index (κ3) is 4.95. The first-order chi connectivity index (χ1) is 23.3. The largest absolute Gasteiger partial charge is 0.456 e. The second-order valence-electron chi connectivity index (χ2n) is 11.8. The number of benzene rings is 7. The average molecular weight is 601 g/mol. The first-order valence-corrected chi connectivity index (χ1v) is 15.8. The Balaban J connectivity index is 1.13. The van der Waals surface area contributed by atoms with E-state index in [0.717, 1.165) is 61.7 Å². The summed E-state index contributed by atoms with van der Waals surface area (Å²) in [6, 6.07) is 59.1. The zero-order chi connectivity index (χ0) is 31.2. The number of aromatic nitrogens is 2. The Labute approximate surface area is 273 Å². The Morgan fingerprint density at radius 2 is 0.915 bits per heavy atom. The molecule has 3 heteroatoms. The van der Waals surface area contributed by atoms with Crippen LogP contribution in [0.5, 0.6) is 11.5 Å². The summed E-state index contributed by atoms with van der Waals surface area (Å²) < 4.78 is 6.36. The van der Waals surface area contributed by atoms with Crippen LogP contribution in [0.25, 0.3) is 78.1 Å². The molecule has 1 aromatic heterocycles. The molecule has 9 rings (SSSR count). The number of hydrogen-bond acceptors (Lipinski definition) is 3. The zero-order valence-corrected chi connectivity index (χ0v) is 25.5. The fourth-order valence-corrected chi connectivity index (χ4v) is 6.53. The molecule has 0 saturated carbocycles. The fourth-order valence-electron chi connectivity index (χ4n) is 6.53. The highest BCUT2D eigenvalue weighted by Gasteiger charge is 2.20. The second-order valence-corrected chi connectivity index (χ2v) is 11.8. The summed E-state index contributed by atoms with van der Waals surface area (Å²) in [5.74, 6) is 2.49. The molecule has 2 heterocycles. The lowest BCUT2D eigenvalue weighted by Gasteiger charge is -2.22. The van der Waals surface area contributed by atoms with Gasteiger partial charge in [0.25, 0.3) is 0 Å². The van der Waals surface area contributed by atoms with Crippen LogP contribution in [0.3, 0.4) is 0 Å². The summed E-state index contributed by atoms with van der Waals surface area (Å²) in [7, 11) is 0. The minimum Gasteiger partial charge on any atom is -0.456 e. The molecule has 3 nitrogen and oxygen atoms in total. The van der Waals surface area contributed by atoms with E-state index >= 15 is 0 Å². The molecule has 8 aromatic rings. The minimum atomic E-state index is 0.702. The van der Waals surface area contributed by atoms with Crippen molar-refractivity contribution in [1.82, 2.24) is 9.97 Å². The average Bonchev–Trinajstić information content (AvgIpc) is 3.15. The van der Waals surface area contributed by atoms with E-state index in [1.54, 1.807) is 0 Å². The van der Waals surface area contributed by atoms with Gasteiger partial charge in [0, 0.05) is 27.6 Å². The standard InChI is InChI=1S/C44H28N2O/c1-3-10-29(11-4-1)30-20-22-31(23-21-30)39-28-40(46-44(45-39)33-12-5-2-6-13-33)36-17-7-16-34(26-36)35-24-25-41-38(27-35)37-18-8-14-32-15-9-19-42(47-41)43(32)37/h1-28H. The van der Waals surface area contributed by atoms with Crippen molar-refractivity contribution in [3.05, 3.63) is 170 Å². The predicted octanol–water partition coefficient (Wildman–Crippen LogP) is 11.7. The van der Waals surface area contributed by atoms with Crippen LogP contribution in [0.2, 0.25) is 0 Å². The number of ether oxygens (including phenoxy) is 1. The van der Waals surface area contributed by atoms with Crippen LogP contribution in [0, 0.1) is 0 Å². The van der Waals surface area contributed by atoms with Gasteiger partial charge in [-0.3, -0.25) is 0 Å². The SMILES string of the molecule is c1ccc(-c2ccc(-c3cc(-c4cccc(-c5ccc6c(c5)-c5cccc7cccc(c57)O6)c4)nc(-c4ccccc4)n3)cc2)cc1. The third-order valence-electron chi connectivity index (χ3n) is 8.89. The lowest BCUT2D eigenvalue weighted by atomic mass is 9.92. The molecule has 0 fully saturated rings. The van der Waals surface area contributed by atoms with Gasteiger partial charge in [0.05, 0.1) is 11.4 Å². The summed E-state index contributed by atoms with van der Waals surface area (Å²) in [6.45, 7) is 0. The highest BCUT2D eigenvalue weighted by Crippen LogP contribution is 2.47. The Hall–Kier alpha value is -6.32. The highest BCUT2D eigenvalue weighted by molar-refractivity contribution is 6.04. The van der Waals surface area contributed by atoms with Gasteiger partial charge >= 0.3 is 0 Å². The molecule has 0 atom stereocenters. The van der Waals surface area contributed by atoms with Gasteiger partial charge in [0.2, 0.25) is 0 Å².